The number of ether oxygens (including phenoxy) is 1. The standard InChI is InChI=1S/C22H23NO2/c24-22-21(19-10-12-25-13-11-19)15-20(23-22)14-16-6-8-18(9-7-16)17-4-2-1-3-5-17/h1-9,20H,10-15H2,(H,23,24)/t20-/m1/s1. The summed E-state index contributed by atoms with van der Waals surface area (Å²) < 4.78 is 5.40. The SMILES string of the molecule is O=C1N[C@H](Cc2ccc(-c3ccccc3)cc2)CC1=C1CCOCC1. The molecule has 0 spiro atoms. The Morgan fingerprint density at radius 2 is 1.60 bits per heavy atom. The zero-order valence-electron chi connectivity index (χ0n) is 14.3. The number of nitrogens with one attached hydrogen (secondary N) is 1. The highest BCUT2D eigenvalue weighted by Gasteiger charge is 2.29. The molecule has 1 amide bonds. The second-order valence-corrected chi connectivity index (χ2v) is 6.84. The van der Waals surface area contributed by atoms with Crippen LogP contribution in [0.4, 0.5) is 0 Å². The lowest BCUT2D eigenvalue weighted by molar-refractivity contribution is -0.116. The average Bonchev–Trinajstić information content (AvgIpc) is 3.04. The maximum absolute atomic E-state index is 12.3. The molecule has 128 valence electrons. The van der Waals surface area contributed by atoms with Crippen LogP contribution in [0.1, 0.15) is 24.8 Å². The van der Waals surface area contributed by atoms with Gasteiger partial charge in [0.1, 0.15) is 0 Å². The molecule has 1 atom stereocenters. The summed E-state index contributed by atoms with van der Waals surface area (Å²) in [6.45, 7) is 1.50. The molecule has 0 saturated carbocycles. The minimum atomic E-state index is 0.128. The van der Waals surface area contributed by atoms with Gasteiger partial charge in [0.25, 0.3) is 0 Å². The molecule has 0 aromatic heterocycles. The van der Waals surface area contributed by atoms with Crippen LogP contribution in [0.25, 0.3) is 11.1 Å². The second-order valence-electron chi connectivity index (χ2n) is 6.84. The van der Waals surface area contributed by atoms with E-state index in [0.717, 1.165) is 44.5 Å². The third-order valence-electron chi connectivity index (χ3n) is 5.13. The first-order valence-corrected chi connectivity index (χ1v) is 9.03. The van der Waals surface area contributed by atoms with Gasteiger partial charge < -0.3 is 10.1 Å². The topological polar surface area (TPSA) is 38.3 Å². The van der Waals surface area contributed by atoms with E-state index in [1.807, 2.05) is 6.07 Å². The van der Waals surface area contributed by atoms with Crippen LogP contribution in [0.5, 0.6) is 0 Å². The van der Waals surface area contributed by atoms with E-state index in [1.165, 1.54) is 22.3 Å². The molecule has 2 aromatic rings. The lowest BCUT2D eigenvalue weighted by Gasteiger charge is -2.16. The van der Waals surface area contributed by atoms with Crippen LogP contribution in [-0.4, -0.2) is 25.2 Å². The van der Waals surface area contributed by atoms with Gasteiger partial charge in [-0.25, -0.2) is 0 Å². The van der Waals surface area contributed by atoms with Crippen molar-refractivity contribution in [3.8, 4) is 11.1 Å². The monoisotopic (exact) mass is 333 g/mol. The third kappa shape index (κ3) is 3.67. The van der Waals surface area contributed by atoms with Gasteiger partial charge in [-0.3, -0.25) is 4.79 Å². The average molecular weight is 333 g/mol. The van der Waals surface area contributed by atoms with E-state index in [4.69, 9.17) is 4.74 Å². The second kappa shape index (κ2) is 7.24. The van der Waals surface area contributed by atoms with Crippen LogP contribution in [-0.2, 0) is 16.0 Å². The van der Waals surface area contributed by atoms with Gasteiger partial charge in [-0.1, -0.05) is 60.2 Å². The Bertz CT molecular complexity index is 769. The van der Waals surface area contributed by atoms with E-state index in [0.29, 0.717) is 0 Å². The van der Waals surface area contributed by atoms with Crippen molar-refractivity contribution in [2.45, 2.75) is 31.7 Å². The van der Waals surface area contributed by atoms with E-state index in [-0.39, 0.29) is 11.9 Å². The molecule has 1 N–H and O–H groups in total. The zero-order valence-corrected chi connectivity index (χ0v) is 14.3. The van der Waals surface area contributed by atoms with Crippen molar-refractivity contribution in [1.82, 2.24) is 5.32 Å². The van der Waals surface area contributed by atoms with Crippen LogP contribution in [0.2, 0.25) is 0 Å². The number of amides is 1. The predicted octanol–water partition coefficient (Wildman–Crippen LogP) is 3.89. The first kappa shape index (κ1) is 16.1. The number of rotatable bonds is 3. The van der Waals surface area contributed by atoms with Gasteiger partial charge in [0.2, 0.25) is 5.91 Å². The number of hydrogen-bond acceptors (Lipinski definition) is 2. The third-order valence-corrected chi connectivity index (χ3v) is 5.13. The summed E-state index contributed by atoms with van der Waals surface area (Å²) in [6.07, 6.45) is 3.53. The number of carbonyl (C=O) groups is 1. The Hall–Kier alpha value is -2.39. The summed E-state index contributed by atoms with van der Waals surface area (Å²) in [5.41, 5.74) is 6.03. The molecule has 2 fully saturated rings. The van der Waals surface area contributed by atoms with Crippen molar-refractivity contribution in [1.29, 1.82) is 0 Å². The summed E-state index contributed by atoms with van der Waals surface area (Å²) in [4.78, 5) is 12.3. The van der Waals surface area contributed by atoms with Gasteiger partial charge >= 0.3 is 0 Å². The Balaban J connectivity index is 1.43. The molecule has 0 aliphatic carbocycles. The van der Waals surface area contributed by atoms with Crippen LogP contribution in [0, 0.1) is 0 Å². The molecule has 25 heavy (non-hydrogen) atoms. The molecular formula is C22H23NO2. The maximum Gasteiger partial charge on any atom is 0.247 e. The van der Waals surface area contributed by atoms with Crippen LogP contribution < -0.4 is 5.32 Å². The zero-order chi connectivity index (χ0) is 17.1. The molecule has 2 aliphatic rings. The van der Waals surface area contributed by atoms with Crippen LogP contribution >= 0.6 is 0 Å². The van der Waals surface area contributed by atoms with Crippen molar-refractivity contribution in [2.75, 3.05) is 13.2 Å². The normalized spacial score (nSPS) is 20.6. The maximum atomic E-state index is 12.3. The molecule has 0 unspecified atom stereocenters. The Morgan fingerprint density at radius 3 is 2.32 bits per heavy atom. The van der Waals surface area contributed by atoms with Crippen molar-refractivity contribution in [3.63, 3.8) is 0 Å². The highest BCUT2D eigenvalue weighted by molar-refractivity contribution is 5.96. The van der Waals surface area contributed by atoms with Gasteiger partial charge in [0.05, 0.1) is 13.2 Å². The fourth-order valence-corrected chi connectivity index (χ4v) is 3.76. The van der Waals surface area contributed by atoms with Crippen molar-refractivity contribution in [3.05, 3.63) is 71.3 Å². The summed E-state index contributed by atoms with van der Waals surface area (Å²) >= 11 is 0. The lowest BCUT2D eigenvalue weighted by atomic mass is 9.95. The molecular weight excluding hydrogens is 310 g/mol. The van der Waals surface area contributed by atoms with Crippen LogP contribution in [0.3, 0.4) is 0 Å². The van der Waals surface area contributed by atoms with E-state index < -0.39 is 0 Å². The number of benzene rings is 2. The molecule has 3 heteroatoms. The first-order valence-electron chi connectivity index (χ1n) is 9.03. The predicted molar refractivity (Wildman–Crippen MR) is 99.2 cm³/mol. The molecule has 2 aliphatic heterocycles. The molecule has 4 rings (SSSR count). The van der Waals surface area contributed by atoms with Crippen molar-refractivity contribution < 1.29 is 9.53 Å². The van der Waals surface area contributed by atoms with Gasteiger partial charge in [0, 0.05) is 11.6 Å². The van der Waals surface area contributed by atoms with Crippen molar-refractivity contribution in [2.24, 2.45) is 0 Å². The van der Waals surface area contributed by atoms with Crippen molar-refractivity contribution >= 4 is 5.91 Å². The fraction of sp³-hybridized carbons (Fsp3) is 0.318. The largest absolute Gasteiger partial charge is 0.381 e. The molecule has 2 saturated heterocycles. The van der Waals surface area contributed by atoms with Gasteiger partial charge in [-0.05, 0) is 42.4 Å². The molecule has 2 aromatic carbocycles. The van der Waals surface area contributed by atoms with E-state index in [2.05, 4.69) is 53.8 Å². The highest BCUT2D eigenvalue weighted by atomic mass is 16.5. The van der Waals surface area contributed by atoms with E-state index in [9.17, 15) is 4.79 Å². The summed E-state index contributed by atoms with van der Waals surface area (Å²) in [5, 5.41) is 3.16. The summed E-state index contributed by atoms with van der Waals surface area (Å²) in [5.74, 6) is 0.128. The minimum Gasteiger partial charge on any atom is -0.381 e. The quantitative estimate of drug-likeness (QED) is 0.866. The molecule has 0 radical (unpaired) electrons. The van der Waals surface area contributed by atoms with E-state index in [1.54, 1.807) is 0 Å². The lowest BCUT2D eigenvalue weighted by Crippen LogP contribution is -2.27. The Labute approximate surface area is 148 Å². The highest BCUT2D eigenvalue weighted by Crippen LogP contribution is 2.27. The summed E-state index contributed by atoms with van der Waals surface area (Å²) in [6, 6.07) is 19.3. The Morgan fingerprint density at radius 1 is 0.920 bits per heavy atom. The van der Waals surface area contributed by atoms with E-state index >= 15 is 0 Å². The summed E-state index contributed by atoms with van der Waals surface area (Å²) in [7, 11) is 0. The molecule has 0 bridgehead atoms. The first-order chi connectivity index (χ1) is 12.3. The minimum absolute atomic E-state index is 0.128. The number of carbonyl (C=O) groups excluding carboxylic acids is 1. The molecule has 3 nitrogen and oxygen atoms in total. The number of hydrogen-bond donors (Lipinski definition) is 1. The van der Waals surface area contributed by atoms with Gasteiger partial charge in [0.15, 0.2) is 0 Å². The Kier molecular flexibility index (Phi) is 4.66. The van der Waals surface area contributed by atoms with Gasteiger partial charge in [-0.15, -0.1) is 0 Å². The molecule has 2 heterocycles. The van der Waals surface area contributed by atoms with Gasteiger partial charge in [-0.2, -0.15) is 0 Å². The fourth-order valence-electron chi connectivity index (χ4n) is 3.76. The smallest absolute Gasteiger partial charge is 0.247 e. The van der Waals surface area contributed by atoms with Crippen LogP contribution in [0.15, 0.2) is 65.7 Å².